The van der Waals surface area contributed by atoms with Gasteiger partial charge in [-0.15, -0.1) is 0 Å². The van der Waals surface area contributed by atoms with Crippen LogP contribution in [0.3, 0.4) is 0 Å². The van der Waals surface area contributed by atoms with Crippen molar-refractivity contribution in [2.45, 2.75) is 53.9 Å². The van der Waals surface area contributed by atoms with E-state index < -0.39 is 0 Å². The maximum absolute atomic E-state index is 13.1. The van der Waals surface area contributed by atoms with E-state index in [4.69, 9.17) is 0 Å². The number of benzene rings is 5. The van der Waals surface area contributed by atoms with Crippen LogP contribution in [0.25, 0.3) is 22.4 Å². The van der Waals surface area contributed by atoms with Gasteiger partial charge in [0.2, 0.25) is 0 Å². The Morgan fingerprint density at radius 2 is 1.31 bits per heavy atom. The van der Waals surface area contributed by atoms with Crippen molar-refractivity contribution in [3.8, 4) is 0 Å². The fraction of sp³-hybridized carbons (Fsp3) is 0.217. The summed E-state index contributed by atoms with van der Waals surface area (Å²) in [6, 6.07) is 31.4. The van der Waals surface area contributed by atoms with E-state index in [2.05, 4.69) is 126 Å². The SMILES string of the molecule is Cc1cc(C)c(N(c2ccc3c(c2)C(C)(C)C2=C3C(C)C(C)C=C2)c2ccc3cc(C=C4C(=O)c5ccccc5C4=O)ccc3c2)c(C)c1. The second-order valence-electron chi connectivity index (χ2n) is 14.8. The maximum Gasteiger partial charge on any atom is 0.197 e. The molecule has 0 saturated heterocycles. The average Bonchev–Trinajstić information content (AvgIpc) is 3.45. The second kappa shape index (κ2) is 11.1. The molecule has 0 N–H and O–H groups in total. The number of fused-ring (bicyclic) bond motifs is 4. The highest BCUT2D eigenvalue weighted by atomic mass is 16.2. The Bertz CT molecular complexity index is 2300. The Labute approximate surface area is 289 Å². The molecule has 3 heteroatoms. The second-order valence-corrected chi connectivity index (χ2v) is 14.8. The molecule has 0 aromatic heterocycles. The van der Waals surface area contributed by atoms with Crippen LogP contribution in [0.2, 0.25) is 0 Å². The Balaban J connectivity index is 1.23. The van der Waals surface area contributed by atoms with E-state index in [1.807, 2.05) is 6.07 Å². The molecule has 0 heterocycles. The lowest BCUT2D eigenvalue weighted by atomic mass is 9.76. The number of allylic oxidation sites excluding steroid dienone is 5. The van der Waals surface area contributed by atoms with Crippen molar-refractivity contribution in [3.63, 3.8) is 0 Å². The number of anilines is 3. The van der Waals surface area contributed by atoms with Crippen LogP contribution in [0.1, 0.15) is 81.8 Å². The van der Waals surface area contributed by atoms with Crippen LogP contribution < -0.4 is 4.90 Å². The summed E-state index contributed by atoms with van der Waals surface area (Å²) in [4.78, 5) is 28.5. The van der Waals surface area contributed by atoms with Gasteiger partial charge in [0.15, 0.2) is 11.6 Å². The first kappa shape index (κ1) is 31.0. The van der Waals surface area contributed by atoms with Crippen LogP contribution in [0.5, 0.6) is 0 Å². The lowest BCUT2D eigenvalue weighted by Crippen LogP contribution is -2.19. The van der Waals surface area contributed by atoms with E-state index in [0.29, 0.717) is 23.0 Å². The number of ketones is 2. The first-order valence-electron chi connectivity index (χ1n) is 17.3. The lowest BCUT2D eigenvalue weighted by molar-refractivity contribution is 0.0990. The standard InChI is InChI=1S/C46H41NO2/c1-26-20-28(3)43(29(4)21-26)47(35-17-18-38-41(25-35)46(6,7)40-19-12-27(2)30(5)42(38)40)34-16-15-32-22-31(13-14-33(32)24-34)23-39-44(48)36-10-8-9-11-37(36)45(39)49/h8-25,27,30H,1-7H3. The third-order valence-corrected chi connectivity index (χ3v) is 11.2. The van der Waals surface area contributed by atoms with Gasteiger partial charge >= 0.3 is 0 Å². The molecule has 0 aliphatic heterocycles. The van der Waals surface area contributed by atoms with Gasteiger partial charge in [0.25, 0.3) is 0 Å². The minimum Gasteiger partial charge on any atom is -0.310 e. The van der Waals surface area contributed by atoms with Crippen LogP contribution in [0.15, 0.2) is 114 Å². The molecule has 242 valence electrons. The molecule has 3 nitrogen and oxygen atoms in total. The number of carbonyl (C=O) groups excluding carboxylic acids is 2. The van der Waals surface area contributed by atoms with Crippen molar-refractivity contribution >= 4 is 51.1 Å². The third-order valence-electron chi connectivity index (χ3n) is 11.2. The number of rotatable bonds is 4. The summed E-state index contributed by atoms with van der Waals surface area (Å²) in [5.41, 5.74) is 14.8. The molecular formula is C46H41NO2. The van der Waals surface area contributed by atoms with Gasteiger partial charge in [0.1, 0.15) is 0 Å². The number of nitrogens with zero attached hydrogens (tertiary/aromatic N) is 1. The number of carbonyl (C=O) groups is 2. The molecule has 0 saturated carbocycles. The van der Waals surface area contributed by atoms with Crippen LogP contribution in [0, 0.1) is 32.6 Å². The van der Waals surface area contributed by atoms with Crippen molar-refractivity contribution in [2.24, 2.45) is 11.8 Å². The van der Waals surface area contributed by atoms with Gasteiger partial charge < -0.3 is 4.90 Å². The van der Waals surface area contributed by atoms with Gasteiger partial charge in [-0.1, -0.05) is 106 Å². The van der Waals surface area contributed by atoms with E-state index in [1.54, 1.807) is 30.3 Å². The molecule has 49 heavy (non-hydrogen) atoms. The maximum atomic E-state index is 13.1. The summed E-state index contributed by atoms with van der Waals surface area (Å²) in [7, 11) is 0. The number of aryl methyl sites for hydroxylation is 3. The van der Waals surface area contributed by atoms with Crippen LogP contribution >= 0.6 is 0 Å². The van der Waals surface area contributed by atoms with Crippen molar-refractivity contribution < 1.29 is 9.59 Å². The Morgan fingerprint density at radius 3 is 2.00 bits per heavy atom. The zero-order valence-corrected chi connectivity index (χ0v) is 29.3. The summed E-state index contributed by atoms with van der Waals surface area (Å²) in [6.45, 7) is 16.0. The lowest BCUT2D eigenvalue weighted by Gasteiger charge is -2.31. The number of hydrogen-bond donors (Lipinski definition) is 0. The smallest absolute Gasteiger partial charge is 0.197 e. The number of hydrogen-bond acceptors (Lipinski definition) is 3. The predicted molar refractivity (Wildman–Crippen MR) is 203 cm³/mol. The number of Topliss-reactive ketones (excluding diaryl/α,β-unsaturated/α-hetero) is 2. The molecule has 5 aromatic rings. The zero-order valence-electron chi connectivity index (χ0n) is 29.3. The summed E-state index contributed by atoms with van der Waals surface area (Å²) in [5, 5.41) is 2.14. The largest absolute Gasteiger partial charge is 0.310 e. The molecule has 2 atom stereocenters. The normalized spacial score (nSPS) is 19.0. The van der Waals surface area contributed by atoms with Gasteiger partial charge in [-0.3, -0.25) is 9.59 Å². The van der Waals surface area contributed by atoms with Gasteiger partial charge in [-0.2, -0.15) is 0 Å². The summed E-state index contributed by atoms with van der Waals surface area (Å²) >= 11 is 0. The van der Waals surface area contributed by atoms with Gasteiger partial charge in [-0.05, 0) is 119 Å². The van der Waals surface area contributed by atoms with Crippen LogP contribution in [-0.2, 0) is 5.41 Å². The van der Waals surface area contributed by atoms with Gasteiger partial charge in [0, 0.05) is 27.9 Å². The van der Waals surface area contributed by atoms with Crippen molar-refractivity contribution in [3.05, 3.63) is 159 Å². The minimum absolute atomic E-state index is 0.0909. The van der Waals surface area contributed by atoms with Crippen LogP contribution in [-0.4, -0.2) is 11.6 Å². The average molecular weight is 640 g/mol. The Morgan fingerprint density at radius 1 is 0.694 bits per heavy atom. The molecule has 2 unspecified atom stereocenters. The molecule has 3 aliphatic rings. The topological polar surface area (TPSA) is 37.4 Å². The Kier molecular flexibility index (Phi) is 7.05. The highest BCUT2D eigenvalue weighted by molar-refractivity contribution is 6.41. The van der Waals surface area contributed by atoms with Crippen molar-refractivity contribution in [1.29, 1.82) is 0 Å². The third kappa shape index (κ3) is 4.78. The van der Waals surface area contributed by atoms with Crippen molar-refractivity contribution in [1.82, 2.24) is 0 Å². The van der Waals surface area contributed by atoms with E-state index in [1.165, 1.54) is 44.7 Å². The van der Waals surface area contributed by atoms with E-state index in [-0.39, 0.29) is 22.6 Å². The molecule has 0 amide bonds. The molecular weight excluding hydrogens is 599 g/mol. The summed E-state index contributed by atoms with van der Waals surface area (Å²) in [6.07, 6.45) is 6.49. The monoisotopic (exact) mass is 639 g/mol. The van der Waals surface area contributed by atoms with Gasteiger partial charge in [-0.25, -0.2) is 0 Å². The minimum atomic E-state index is -0.205. The molecule has 0 bridgehead atoms. The predicted octanol–water partition coefficient (Wildman–Crippen LogP) is 11.6. The van der Waals surface area contributed by atoms with Crippen molar-refractivity contribution in [2.75, 3.05) is 4.90 Å². The van der Waals surface area contributed by atoms with Gasteiger partial charge in [0.05, 0.1) is 11.3 Å². The van der Waals surface area contributed by atoms with E-state index in [0.717, 1.165) is 27.7 Å². The molecule has 0 radical (unpaired) electrons. The highest BCUT2D eigenvalue weighted by Gasteiger charge is 2.41. The molecule has 0 spiro atoms. The Hall–Kier alpha value is -5.28. The quantitative estimate of drug-likeness (QED) is 0.145. The zero-order chi connectivity index (χ0) is 34.4. The molecule has 0 fully saturated rings. The fourth-order valence-corrected chi connectivity index (χ4v) is 8.50. The molecule has 3 aliphatic carbocycles. The van der Waals surface area contributed by atoms with Crippen LogP contribution in [0.4, 0.5) is 17.1 Å². The molecule has 5 aromatic carbocycles. The van der Waals surface area contributed by atoms with E-state index in [9.17, 15) is 9.59 Å². The highest BCUT2D eigenvalue weighted by Crippen LogP contribution is 2.54. The summed E-state index contributed by atoms with van der Waals surface area (Å²) < 4.78 is 0. The fourth-order valence-electron chi connectivity index (χ4n) is 8.50. The summed E-state index contributed by atoms with van der Waals surface area (Å²) in [5.74, 6) is 0.581. The first-order chi connectivity index (χ1) is 23.4. The van der Waals surface area contributed by atoms with E-state index >= 15 is 0 Å². The first-order valence-corrected chi connectivity index (χ1v) is 17.3. The molecule has 8 rings (SSSR count).